The average Bonchev–Trinajstić information content (AvgIpc) is 2.73. The third kappa shape index (κ3) is 5.42. The second-order valence-corrected chi connectivity index (χ2v) is 6.81. The van der Waals surface area contributed by atoms with Crippen molar-refractivity contribution in [3.05, 3.63) is 89.2 Å². The molecule has 31 heavy (non-hydrogen) atoms. The van der Waals surface area contributed by atoms with Crippen LogP contribution in [0, 0.1) is 17.5 Å². The van der Waals surface area contributed by atoms with Gasteiger partial charge in [0, 0.05) is 24.2 Å². The van der Waals surface area contributed by atoms with Gasteiger partial charge in [-0.2, -0.15) is 0 Å². The van der Waals surface area contributed by atoms with E-state index in [9.17, 15) is 22.8 Å². The summed E-state index contributed by atoms with van der Waals surface area (Å²) in [7, 11) is 1.39. The van der Waals surface area contributed by atoms with E-state index in [1.54, 1.807) is 24.3 Å². The summed E-state index contributed by atoms with van der Waals surface area (Å²) in [4.78, 5) is 24.1. The number of ether oxygens (including phenoxy) is 1. The average molecular weight is 429 g/mol. The normalized spacial score (nSPS) is 10.6. The van der Waals surface area contributed by atoms with Crippen LogP contribution >= 0.6 is 0 Å². The first-order valence-electron chi connectivity index (χ1n) is 9.18. The Labute approximate surface area is 176 Å². The minimum Gasteiger partial charge on any atom is -0.489 e. The van der Waals surface area contributed by atoms with Gasteiger partial charge < -0.3 is 14.7 Å². The van der Waals surface area contributed by atoms with Crippen molar-refractivity contribution in [2.75, 3.05) is 13.6 Å². The molecule has 3 rings (SSSR count). The largest absolute Gasteiger partial charge is 0.489 e. The molecule has 0 aliphatic carbocycles. The molecule has 3 aromatic rings. The molecule has 3 aromatic carbocycles. The Balaban J connectivity index is 1.70. The zero-order chi connectivity index (χ0) is 22.5. The lowest BCUT2D eigenvalue weighted by molar-refractivity contribution is -0.137. The van der Waals surface area contributed by atoms with E-state index < -0.39 is 35.9 Å². The summed E-state index contributed by atoms with van der Waals surface area (Å²) in [6.45, 7) is -0.392. The fourth-order valence-corrected chi connectivity index (χ4v) is 2.94. The first-order chi connectivity index (χ1) is 14.7. The highest BCUT2D eigenvalue weighted by molar-refractivity contribution is 5.95. The highest BCUT2D eigenvalue weighted by Crippen LogP contribution is 2.28. The summed E-state index contributed by atoms with van der Waals surface area (Å²) >= 11 is 0. The van der Waals surface area contributed by atoms with Crippen molar-refractivity contribution >= 4 is 11.9 Å². The van der Waals surface area contributed by atoms with Gasteiger partial charge in [-0.25, -0.2) is 13.2 Å². The highest BCUT2D eigenvalue weighted by atomic mass is 19.2. The lowest BCUT2D eigenvalue weighted by Gasteiger charge is -2.15. The number of hydrogen-bond acceptors (Lipinski definition) is 3. The zero-order valence-corrected chi connectivity index (χ0v) is 16.4. The van der Waals surface area contributed by atoms with Crippen LogP contribution in [0.4, 0.5) is 13.2 Å². The number of hydrogen-bond donors (Lipinski definition) is 1. The number of carboxylic acid groups (broad SMARTS) is 1. The second-order valence-electron chi connectivity index (χ2n) is 6.81. The van der Waals surface area contributed by atoms with E-state index in [2.05, 4.69) is 0 Å². The maximum atomic E-state index is 14.5. The van der Waals surface area contributed by atoms with Gasteiger partial charge in [0.15, 0.2) is 11.6 Å². The van der Waals surface area contributed by atoms with E-state index in [0.29, 0.717) is 11.1 Å². The van der Waals surface area contributed by atoms with Gasteiger partial charge in [-0.05, 0) is 47.5 Å². The van der Waals surface area contributed by atoms with Crippen LogP contribution < -0.4 is 4.74 Å². The maximum Gasteiger partial charge on any atom is 0.323 e. The van der Waals surface area contributed by atoms with E-state index in [1.165, 1.54) is 25.2 Å². The molecule has 0 fully saturated rings. The number of benzene rings is 3. The summed E-state index contributed by atoms with van der Waals surface area (Å²) < 4.78 is 46.5. The van der Waals surface area contributed by atoms with Crippen LogP contribution in [0.15, 0.2) is 60.7 Å². The number of nitrogens with zero attached hydrogens (tertiary/aromatic N) is 1. The third-order valence-electron chi connectivity index (χ3n) is 4.47. The molecule has 0 aromatic heterocycles. The number of amides is 1. The topological polar surface area (TPSA) is 66.8 Å². The number of carbonyl (C=O) groups excluding carboxylic acids is 1. The molecule has 0 radical (unpaired) electrons. The van der Waals surface area contributed by atoms with Crippen LogP contribution in [0.25, 0.3) is 11.1 Å². The van der Waals surface area contributed by atoms with Crippen molar-refractivity contribution < 1.29 is 32.6 Å². The van der Waals surface area contributed by atoms with Gasteiger partial charge in [0.1, 0.15) is 24.7 Å². The van der Waals surface area contributed by atoms with Crippen LogP contribution in [-0.4, -0.2) is 35.5 Å². The Morgan fingerprint density at radius 2 is 1.71 bits per heavy atom. The molecule has 0 atom stereocenters. The molecular weight excluding hydrogens is 411 g/mol. The summed E-state index contributed by atoms with van der Waals surface area (Å²) in [6.07, 6.45) is 0. The molecule has 1 N–H and O–H groups in total. The standard InChI is InChI=1S/C23H18F3NO4/c1-27(12-22(28)29)23(30)16-4-2-3-14(9-16)13-31-17-6-7-18(20(25)11-17)15-5-8-19(24)21(26)10-15/h2-11H,12-13H2,1H3,(H,28,29). The SMILES string of the molecule is CN(CC(=O)O)C(=O)c1cccc(COc2ccc(-c3ccc(F)c(F)c3)c(F)c2)c1. The molecule has 5 nitrogen and oxygen atoms in total. The van der Waals surface area contributed by atoms with Crippen LogP contribution in [0.1, 0.15) is 15.9 Å². The lowest BCUT2D eigenvalue weighted by atomic mass is 10.0. The number of rotatable bonds is 7. The number of aliphatic carboxylic acids is 1. The quantitative estimate of drug-likeness (QED) is 0.600. The molecule has 0 aliphatic heterocycles. The Morgan fingerprint density at radius 3 is 2.39 bits per heavy atom. The molecule has 0 spiro atoms. The Kier molecular flexibility index (Phi) is 6.59. The van der Waals surface area contributed by atoms with Gasteiger partial charge in [-0.1, -0.05) is 18.2 Å². The van der Waals surface area contributed by atoms with Crippen LogP contribution in [0.2, 0.25) is 0 Å². The summed E-state index contributed by atoms with van der Waals surface area (Å²) in [5, 5.41) is 8.81. The van der Waals surface area contributed by atoms with Gasteiger partial charge in [0.25, 0.3) is 5.91 Å². The Bertz CT molecular complexity index is 1130. The molecule has 0 unspecified atom stereocenters. The van der Waals surface area contributed by atoms with Crippen LogP contribution in [0.5, 0.6) is 5.75 Å². The molecular formula is C23H18F3NO4. The predicted octanol–water partition coefficient (Wildman–Crippen LogP) is 4.51. The van der Waals surface area contributed by atoms with Crippen molar-refractivity contribution in [1.29, 1.82) is 0 Å². The number of halogens is 3. The molecule has 0 bridgehead atoms. The van der Waals surface area contributed by atoms with E-state index in [1.807, 2.05) is 0 Å². The van der Waals surface area contributed by atoms with Crippen molar-refractivity contribution in [2.24, 2.45) is 0 Å². The van der Waals surface area contributed by atoms with Crippen molar-refractivity contribution in [1.82, 2.24) is 4.90 Å². The zero-order valence-electron chi connectivity index (χ0n) is 16.4. The summed E-state index contributed by atoms with van der Waals surface area (Å²) in [5.74, 6) is -4.11. The molecule has 0 saturated carbocycles. The minimum atomic E-state index is -1.12. The van der Waals surface area contributed by atoms with Gasteiger partial charge in [0.05, 0.1) is 0 Å². The summed E-state index contributed by atoms with van der Waals surface area (Å²) in [6, 6.07) is 13.6. The Hall–Kier alpha value is -3.81. The van der Waals surface area contributed by atoms with Crippen molar-refractivity contribution in [3.8, 4) is 16.9 Å². The number of likely N-dealkylation sites (N-methyl/N-ethyl adjacent to an activating group) is 1. The minimum absolute atomic E-state index is 0.0354. The summed E-state index contributed by atoms with van der Waals surface area (Å²) in [5.41, 5.74) is 1.21. The van der Waals surface area contributed by atoms with E-state index in [-0.39, 0.29) is 23.5 Å². The fraction of sp³-hybridized carbons (Fsp3) is 0.130. The molecule has 1 amide bonds. The van der Waals surface area contributed by atoms with E-state index in [4.69, 9.17) is 9.84 Å². The molecule has 160 valence electrons. The first-order valence-corrected chi connectivity index (χ1v) is 9.18. The Morgan fingerprint density at radius 1 is 0.935 bits per heavy atom. The van der Waals surface area contributed by atoms with E-state index >= 15 is 0 Å². The van der Waals surface area contributed by atoms with Crippen molar-refractivity contribution in [2.45, 2.75) is 6.61 Å². The first kappa shape index (κ1) is 21.9. The number of carbonyl (C=O) groups is 2. The highest BCUT2D eigenvalue weighted by Gasteiger charge is 2.15. The van der Waals surface area contributed by atoms with Crippen LogP contribution in [-0.2, 0) is 11.4 Å². The molecule has 0 aliphatic rings. The van der Waals surface area contributed by atoms with E-state index in [0.717, 1.165) is 23.1 Å². The van der Waals surface area contributed by atoms with Crippen molar-refractivity contribution in [3.63, 3.8) is 0 Å². The fourth-order valence-electron chi connectivity index (χ4n) is 2.94. The van der Waals surface area contributed by atoms with Gasteiger partial charge in [-0.15, -0.1) is 0 Å². The second kappa shape index (κ2) is 9.34. The molecule has 0 saturated heterocycles. The maximum absolute atomic E-state index is 14.5. The predicted molar refractivity (Wildman–Crippen MR) is 107 cm³/mol. The number of carboxylic acids is 1. The van der Waals surface area contributed by atoms with Gasteiger partial charge >= 0.3 is 5.97 Å². The monoisotopic (exact) mass is 429 g/mol. The van der Waals surface area contributed by atoms with Crippen LogP contribution in [0.3, 0.4) is 0 Å². The lowest BCUT2D eigenvalue weighted by Crippen LogP contribution is -2.31. The third-order valence-corrected chi connectivity index (χ3v) is 4.47. The molecule has 8 heteroatoms. The van der Waals surface area contributed by atoms with Gasteiger partial charge in [0.2, 0.25) is 0 Å². The smallest absolute Gasteiger partial charge is 0.323 e. The molecule has 0 heterocycles. The van der Waals surface area contributed by atoms with Gasteiger partial charge in [-0.3, -0.25) is 9.59 Å².